The first kappa shape index (κ1) is 21.0. The van der Waals surface area contributed by atoms with Crippen LogP contribution in [0.3, 0.4) is 0 Å². The summed E-state index contributed by atoms with van der Waals surface area (Å²) in [4.78, 5) is 24.9. The summed E-state index contributed by atoms with van der Waals surface area (Å²) in [6, 6.07) is 18.1. The standard InChI is InChI=1S/C21H15Cl3N2O3/c22-13-5-8-15(9-6-13)25-21(28)16-3-1-2-4-18(16)26-20(27)12-29-19-10-7-14(23)11-17(19)24/h1-11H,12H2,(H,25,28)(H,26,27). The van der Waals surface area contributed by atoms with E-state index in [9.17, 15) is 9.59 Å². The second-order valence-corrected chi connectivity index (χ2v) is 7.20. The molecule has 0 aromatic heterocycles. The number of carbonyl (C=O) groups excluding carboxylic acids is 2. The highest BCUT2D eigenvalue weighted by molar-refractivity contribution is 6.35. The fourth-order valence-corrected chi connectivity index (χ4v) is 3.03. The van der Waals surface area contributed by atoms with E-state index in [1.807, 2.05) is 0 Å². The molecule has 0 fully saturated rings. The maximum absolute atomic E-state index is 12.6. The van der Waals surface area contributed by atoms with Gasteiger partial charge in [-0.05, 0) is 54.6 Å². The fraction of sp³-hybridized carbons (Fsp3) is 0.0476. The summed E-state index contributed by atoms with van der Waals surface area (Å²) >= 11 is 17.7. The molecule has 3 aromatic rings. The van der Waals surface area contributed by atoms with E-state index in [0.717, 1.165) is 0 Å². The lowest BCUT2D eigenvalue weighted by molar-refractivity contribution is -0.118. The van der Waals surface area contributed by atoms with E-state index in [2.05, 4.69) is 10.6 Å². The number of amides is 2. The largest absolute Gasteiger partial charge is 0.482 e. The number of benzene rings is 3. The predicted octanol–water partition coefficient (Wildman–Crippen LogP) is 5.92. The van der Waals surface area contributed by atoms with Gasteiger partial charge < -0.3 is 15.4 Å². The summed E-state index contributed by atoms with van der Waals surface area (Å²) in [5.41, 5.74) is 1.25. The number of para-hydroxylation sites is 1. The number of hydrogen-bond donors (Lipinski definition) is 2. The van der Waals surface area contributed by atoms with Crippen LogP contribution in [0.5, 0.6) is 5.75 Å². The third-order valence-corrected chi connectivity index (χ3v) is 4.58. The molecule has 0 bridgehead atoms. The van der Waals surface area contributed by atoms with Crippen molar-refractivity contribution in [1.29, 1.82) is 0 Å². The molecule has 29 heavy (non-hydrogen) atoms. The number of halogens is 3. The van der Waals surface area contributed by atoms with Crippen molar-refractivity contribution in [3.63, 3.8) is 0 Å². The van der Waals surface area contributed by atoms with Gasteiger partial charge in [0, 0.05) is 15.7 Å². The first-order chi connectivity index (χ1) is 13.9. The Bertz CT molecular complexity index is 1040. The smallest absolute Gasteiger partial charge is 0.262 e. The van der Waals surface area contributed by atoms with Gasteiger partial charge in [0.05, 0.1) is 16.3 Å². The number of rotatable bonds is 6. The van der Waals surface area contributed by atoms with E-state index < -0.39 is 5.91 Å². The molecule has 3 rings (SSSR count). The van der Waals surface area contributed by atoms with Crippen LogP contribution in [0.4, 0.5) is 11.4 Å². The molecule has 0 spiro atoms. The van der Waals surface area contributed by atoms with Crippen molar-refractivity contribution in [2.75, 3.05) is 17.2 Å². The molecule has 5 nitrogen and oxygen atoms in total. The Kier molecular flexibility index (Phi) is 6.99. The molecule has 0 heterocycles. The lowest BCUT2D eigenvalue weighted by atomic mass is 10.1. The minimum atomic E-state index is -0.442. The summed E-state index contributed by atoms with van der Waals surface area (Å²) in [6.07, 6.45) is 0. The van der Waals surface area contributed by atoms with Crippen molar-refractivity contribution in [1.82, 2.24) is 0 Å². The average molecular weight is 450 g/mol. The summed E-state index contributed by atoms with van der Waals surface area (Å²) in [5.74, 6) is -0.479. The average Bonchev–Trinajstić information content (AvgIpc) is 2.69. The molecule has 0 aliphatic rings. The molecule has 0 aliphatic heterocycles. The van der Waals surface area contributed by atoms with E-state index in [0.29, 0.717) is 37.8 Å². The molecule has 0 saturated carbocycles. The zero-order chi connectivity index (χ0) is 20.8. The molecule has 0 saturated heterocycles. The Hall–Kier alpha value is -2.73. The Balaban J connectivity index is 1.65. The maximum atomic E-state index is 12.6. The van der Waals surface area contributed by atoms with Crippen LogP contribution < -0.4 is 15.4 Å². The molecule has 8 heteroatoms. The highest BCUT2D eigenvalue weighted by atomic mass is 35.5. The van der Waals surface area contributed by atoms with E-state index in [1.165, 1.54) is 6.07 Å². The van der Waals surface area contributed by atoms with Crippen LogP contribution in [0.2, 0.25) is 15.1 Å². The van der Waals surface area contributed by atoms with E-state index in [1.54, 1.807) is 60.7 Å². The van der Waals surface area contributed by atoms with E-state index in [4.69, 9.17) is 39.5 Å². The van der Waals surface area contributed by atoms with Crippen LogP contribution in [-0.4, -0.2) is 18.4 Å². The van der Waals surface area contributed by atoms with Crippen LogP contribution in [0.25, 0.3) is 0 Å². The Morgan fingerprint density at radius 2 is 1.52 bits per heavy atom. The second kappa shape index (κ2) is 9.65. The summed E-state index contributed by atoms with van der Waals surface area (Å²) in [6.45, 7) is -0.283. The number of nitrogens with one attached hydrogen (secondary N) is 2. The van der Waals surface area contributed by atoms with Crippen molar-refractivity contribution >= 4 is 58.0 Å². The van der Waals surface area contributed by atoms with E-state index >= 15 is 0 Å². The van der Waals surface area contributed by atoms with Crippen molar-refractivity contribution in [3.05, 3.63) is 87.4 Å². The predicted molar refractivity (Wildman–Crippen MR) is 116 cm³/mol. The quantitative estimate of drug-likeness (QED) is 0.491. The highest BCUT2D eigenvalue weighted by Crippen LogP contribution is 2.27. The van der Waals surface area contributed by atoms with Gasteiger partial charge in [-0.15, -0.1) is 0 Å². The van der Waals surface area contributed by atoms with Crippen LogP contribution in [0.15, 0.2) is 66.7 Å². The fourth-order valence-electron chi connectivity index (χ4n) is 2.44. The lowest BCUT2D eigenvalue weighted by Crippen LogP contribution is -2.22. The van der Waals surface area contributed by atoms with Gasteiger partial charge in [0.25, 0.3) is 11.8 Å². The van der Waals surface area contributed by atoms with Gasteiger partial charge in [-0.2, -0.15) is 0 Å². The molecular weight excluding hydrogens is 435 g/mol. The van der Waals surface area contributed by atoms with Gasteiger partial charge in [-0.1, -0.05) is 46.9 Å². The third-order valence-electron chi connectivity index (χ3n) is 3.80. The summed E-state index contributed by atoms with van der Waals surface area (Å²) < 4.78 is 5.42. The first-order valence-corrected chi connectivity index (χ1v) is 9.59. The molecule has 0 unspecified atom stereocenters. The molecule has 2 N–H and O–H groups in total. The molecule has 3 aromatic carbocycles. The SMILES string of the molecule is O=C(COc1ccc(Cl)cc1Cl)Nc1ccccc1C(=O)Nc1ccc(Cl)cc1. The van der Waals surface area contributed by atoms with Crippen molar-refractivity contribution in [2.45, 2.75) is 0 Å². The van der Waals surface area contributed by atoms with Gasteiger partial charge >= 0.3 is 0 Å². The van der Waals surface area contributed by atoms with Crippen molar-refractivity contribution in [3.8, 4) is 5.75 Å². The Labute approximate surface area is 182 Å². The van der Waals surface area contributed by atoms with E-state index in [-0.39, 0.29) is 12.5 Å². The van der Waals surface area contributed by atoms with Gasteiger partial charge in [0.2, 0.25) is 0 Å². The molecule has 0 radical (unpaired) electrons. The molecule has 0 atom stereocenters. The maximum Gasteiger partial charge on any atom is 0.262 e. The first-order valence-electron chi connectivity index (χ1n) is 8.46. The zero-order valence-corrected chi connectivity index (χ0v) is 17.2. The number of carbonyl (C=O) groups is 2. The highest BCUT2D eigenvalue weighted by Gasteiger charge is 2.14. The van der Waals surface area contributed by atoms with Crippen LogP contribution in [0.1, 0.15) is 10.4 Å². The second-order valence-electron chi connectivity index (χ2n) is 5.92. The van der Waals surface area contributed by atoms with Gasteiger partial charge in [-0.3, -0.25) is 9.59 Å². The van der Waals surface area contributed by atoms with Crippen molar-refractivity contribution < 1.29 is 14.3 Å². The summed E-state index contributed by atoms with van der Waals surface area (Å²) in [5, 5.41) is 6.76. The lowest BCUT2D eigenvalue weighted by Gasteiger charge is -2.12. The third kappa shape index (κ3) is 5.87. The Morgan fingerprint density at radius 1 is 0.828 bits per heavy atom. The topological polar surface area (TPSA) is 67.4 Å². The van der Waals surface area contributed by atoms with Crippen LogP contribution in [-0.2, 0) is 4.79 Å². The number of hydrogen-bond acceptors (Lipinski definition) is 3. The molecule has 0 aliphatic carbocycles. The summed E-state index contributed by atoms with van der Waals surface area (Å²) in [7, 11) is 0. The number of ether oxygens (including phenoxy) is 1. The van der Waals surface area contributed by atoms with Crippen molar-refractivity contribution in [2.24, 2.45) is 0 Å². The molecular formula is C21H15Cl3N2O3. The minimum absolute atomic E-state index is 0.283. The van der Waals surface area contributed by atoms with Gasteiger partial charge in [0.1, 0.15) is 5.75 Å². The Morgan fingerprint density at radius 3 is 2.24 bits per heavy atom. The number of anilines is 2. The van der Waals surface area contributed by atoms with Crippen LogP contribution in [0, 0.1) is 0 Å². The van der Waals surface area contributed by atoms with Gasteiger partial charge in [0.15, 0.2) is 6.61 Å². The zero-order valence-electron chi connectivity index (χ0n) is 14.9. The van der Waals surface area contributed by atoms with Crippen LogP contribution >= 0.6 is 34.8 Å². The molecule has 2 amide bonds. The monoisotopic (exact) mass is 448 g/mol. The molecule has 148 valence electrons. The minimum Gasteiger partial charge on any atom is -0.482 e. The normalized spacial score (nSPS) is 10.3. The van der Waals surface area contributed by atoms with Gasteiger partial charge in [-0.25, -0.2) is 0 Å².